The topological polar surface area (TPSA) is 35.2 Å². The van der Waals surface area contributed by atoms with Gasteiger partial charge in [-0.15, -0.1) is 6.58 Å². The van der Waals surface area contributed by atoms with Crippen molar-refractivity contribution in [1.29, 1.82) is 0 Å². The Morgan fingerprint density at radius 1 is 1.50 bits per heavy atom. The summed E-state index contributed by atoms with van der Waals surface area (Å²) < 4.78 is 5.80. The standard InChI is InChI=1S/C14H19NO/c1-2-3-4-10-16-14-7-5-6-11-12(14)8-9-13(11)15/h2,5-7,13H,1,3-4,8-10,15H2. The highest BCUT2D eigenvalue weighted by atomic mass is 16.5. The number of allylic oxidation sites excluding steroid dienone is 1. The van der Waals surface area contributed by atoms with Crippen LogP contribution in [-0.4, -0.2) is 6.61 Å². The van der Waals surface area contributed by atoms with E-state index in [0.717, 1.165) is 38.0 Å². The first-order chi connectivity index (χ1) is 7.83. The predicted molar refractivity (Wildman–Crippen MR) is 66.6 cm³/mol. The van der Waals surface area contributed by atoms with Crippen molar-refractivity contribution in [2.24, 2.45) is 5.73 Å². The number of fused-ring (bicyclic) bond motifs is 1. The third kappa shape index (κ3) is 2.27. The van der Waals surface area contributed by atoms with Gasteiger partial charge in [0.2, 0.25) is 0 Å². The van der Waals surface area contributed by atoms with Crippen molar-refractivity contribution in [3.05, 3.63) is 42.0 Å². The Kier molecular flexibility index (Phi) is 3.62. The number of hydrogen-bond acceptors (Lipinski definition) is 2. The van der Waals surface area contributed by atoms with E-state index in [0.29, 0.717) is 0 Å². The fourth-order valence-corrected chi connectivity index (χ4v) is 2.20. The summed E-state index contributed by atoms with van der Waals surface area (Å²) in [6, 6.07) is 6.40. The van der Waals surface area contributed by atoms with Gasteiger partial charge in [-0.25, -0.2) is 0 Å². The van der Waals surface area contributed by atoms with E-state index in [1.54, 1.807) is 0 Å². The lowest BCUT2D eigenvalue weighted by Gasteiger charge is -2.11. The Hall–Kier alpha value is -1.28. The number of nitrogens with two attached hydrogens (primary N) is 1. The molecule has 1 aliphatic rings. The van der Waals surface area contributed by atoms with Crippen LogP contribution in [0.2, 0.25) is 0 Å². The molecule has 2 rings (SSSR count). The minimum atomic E-state index is 0.201. The van der Waals surface area contributed by atoms with Crippen LogP contribution in [0.3, 0.4) is 0 Å². The van der Waals surface area contributed by atoms with E-state index in [9.17, 15) is 0 Å². The first kappa shape index (κ1) is 11.2. The number of ether oxygens (including phenoxy) is 1. The van der Waals surface area contributed by atoms with Gasteiger partial charge in [-0.1, -0.05) is 18.2 Å². The first-order valence-corrected chi connectivity index (χ1v) is 5.94. The van der Waals surface area contributed by atoms with Crippen molar-refractivity contribution < 1.29 is 4.74 Å². The summed E-state index contributed by atoms with van der Waals surface area (Å²) in [7, 11) is 0. The van der Waals surface area contributed by atoms with E-state index in [1.165, 1.54) is 11.1 Å². The van der Waals surface area contributed by atoms with Gasteiger partial charge >= 0.3 is 0 Å². The molecule has 86 valence electrons. The second-order valence-electron chi connectivity index (χ2n) is 4.25. The Morgan fingerprint density at radius 3 is 3.19 bits per heavy atom. The maximum atomic E-state index is 6.02. The maximum Gasteiger partial charge on any atom is 0.122 e. The highest BCUT2D eigenvalue weighted by Gasteiger charge is 2.21. The van der Waals surface area contributed by atoms with Crippen LogP contribution in [-0.2, 0) is 6.42 Å². The van der Waals surface area contributed by atoms with Crippen molar-refractivity contribution >= 4 is 0 Å². The van der Waals surface area contributed by atoms with Crippen molar-refractivity contribution in [2.45, 2.75) is 31.7 Å². The highest BCUT2D eigenvalue weighted by molar-refractivity contribution is 5.44. The fraction of sp³-hybridized carbons (Fsp3) is 0.429. The van der Waals surface area contributed by atoms with Crippen LogP contribution in [0.1, 0.15) is 36.4 Å². The smallest absolute Gasteiger partial charge is 0.122 e. The molecule has 0 aromatic heterocycles. The number of unbranched alkanes of at least 4 members (excludes halogenated alkanes) is 1. The molecule has 2 N–H and O–H groups in total. The van der Waals surface area contributed by atoms with E-state index in [-0.39, 0.29) is 6.04 Å². The molecular formula is C14H19NO. The van der Waals surface area contributed by atoms with E-state index >= 15 is 0 Å². The fourth-order valence-electron chi connectivity index (χ4n) is 2.20. The Balaban J connectivity index is 2.02. The lowest BCUT2D eigenvalue weighted by atomic mass is 10.1. The van der Waals surface area contributed by atoms with Crippen molar-refractivity contribution in [3.63, 3.8) is 0 Å². The summed E-state index contributed by atoms with van der Waals surface area (Å²) in [4.78, 5) is 0. The summed E-state index contributed by atoms with van der Waals surface area (Å²) in [5, 5.41) is 0. The van der Waals surface area contributed by atoms with E-state index < -0.39 is 0 Å². The molecular weight excluding hydrogens is 198 g/mol. The summed E-state index contributed by atoms with van der Waals surface area (Å²) in [5.74, 6) is 1.02. The second-order valence-corrected chi connectivity index (χ2v) is 4.25. The minimum absolute atomic E-state index is 0.201. The summed E-state index contributed by atoms with van der Waals surface area (Å²) in [5.41, 5.74) is 8.60. The molecule has 1 unspecified atom stereocenters. The van der Waals surface area contributed by atoms with Crippen LogP contribution >= 0.6 is 0 Å². The summed E-state index contributed by atoms with van der Waals surface area (Å²) >= 11 is 0. The summed E-state index contributed by atoms with van der Waals surface area (Å²) in [6.45, 7) is 4.46. The second kappa shape index (κ2) is 5.17. The van der Waals surface area contributed by atoms with Crippen LogP contribution in [0.4, 0.5) is 0 Å². The lowest BCUT2D eigenvalue weighted by molar-refractivity contribution is 0.309. The van der Waals surface area contributed by atoms with E-state index in [1.807, 2.05) is 18.2 Å². The maximum absolute atomic E-state index is 6.02. The SMILES string of the molecule is C=CCCCOc1cccc2c1CCC2N. The van der Waals surface area contributed by atoms with Crippen LogP contribution in [0.5, 0.6) is 5.75 Å². The van der Waals surface area contributed by atoms with Gasteiger partial charge in [-0.05, 0) is 42.9 Å². The Labute approximate surface area is 97.1 Å². The molecule has 0 saturated heterocycles. The van der Waals surface area contributed by atoms with Gasteiger partial charge in [0.1, 0.15) is 5.75 Å². The molecule has 0 spiro atoms. The summed E-state index contributed by atoms with van der Waals surface area (Å²) in [6.07, 6.45) is 6.05. The van der Waals surface area contributed by atoms with Crippen LogP contribution in [0.25, 0.3) is 0 Å². The van der Waals surface area contributed by atoms with Crippen molar-refractivity contribution in [3.8, 4) is 5.75 Å². The molecule has 16 heavy (non-hydrogen) atoms. The predicted octanol–water partition coefficient (Wildman–Crippen LogP) is 2.98. The Morgan fingerprint density at radius 2 is 2.38 bits per heavy atom. The first-order valence-electron chi connectivity index (χ1n) is 5.94. The van der Waals surface area contributed by atoms with Gasteiger partial charge in [-0.2, -0.15) is 0 Å². The van der Waals surface area contributed by atoms with Crippen molar-refractivity contribution in [1.82, 2.24) is 0 Å². The average Bonchev–Trinajstić information content (AvgIpc) is 2.68. The van der Waals surface area contributed by atoms with E-state index in [2.05, 4.69) is 12.6 Å². The molecule has 0 bridgehead atoms. The van der Waals surface area contributed by atoms with Gasteiger partial charge in [0.05, 0.1) is 6.61 Å². The quantitative estimate of drug-likeness (QED) is 0.608. The molecule has 0 heterocycles. The molecule has 0 aliphatic heterocycles. The minimum Gasteiger partial charge on any atom is -0.493 e. The molecule has 2 nitrogen and oxygen atoms in total. The molecule has 1 atom stereocenters. The van der Waals surface area contributed by atoms with Gasteiger partial charge < -0.3 is 10.5 Å². The zero-order chi connectivity index (χ0) is 11.4. The number of rotatable bonds is 5. The molecule has 1 aliphatic carbocycles. The zero-order valence-electron chi connectivity index (χ0n) is 9.61. The van der Waals surface area contributed by atoms with Crippen LogP contribution in [0, 0.1) is 0 Å². The van der Waals surface area contributed by atoms with Gasteiger partial charge in [0.25, 0.3) is 0 Å². The Bertz CT molecular complexity index is 373. The monoisotopic (exact) mass is 217 g/mol. The third-order valence-electron chi connectivity index (χ3n) is 3.08. The molecule has 2 heteroatoms. The van der Waals surface area contributed by atoms with Crippen molar-refractivity contribution in [2.75, 3.05) is 6.61 Å². The third-order valence-corrected chi connectivity index (χ3v) is 3.08. The highest BCUT2D eigenvalue weighted by Crippen LogP contribution is 2.35. The molecule has 1 aromatic carbocycles. The average molecular weight is 217 g/mol. The van der Waals surface area contributed by atoms with Gasteiger partial charge in [0, 0.05) is 6.04 Å². The normalized spacial score (nSPS) is 18.2. The lowest BCUT2D eigenvalue weighted by Crippen LogP contribution is -2.05. The largest absolute Gasteiger partial charge is 0.493 e. The molecule has 0 fully saturated rings. The number of benzene rings is 1. The molecule has 0 saturated carbocycles. The zero-order valence-corrected chi connectivity index (χ0v) is 9.61. The van der Waals surface area contributed by atoms with E-state index in [4.69, 9.17) is 10.5 Å². The molecule has 0 amide bonds. The molecule has 0 radical (unpaired) electrons. The van der Waals surface area contributed by atoms with Gasteiger partial charge in [0.15, 0.2) is 0 Å². The van der Waals surface area contributed by atoms with Crippen LogP contribution < -0.4 is 10.5 Å². The van der Waals surface area contributed by atoms with Gasteiger partial charge in [-0.3, -0.25) is 0 Å². The van der Waals surface area contributed by atoms with Crippen LogP contribution in [0.15, 0.2) is 30.9 Å². The molecule has 1 aromatic rings. The number of hydrogen-bond donors (Lipinski definition) is 1.